The van der Waals surface area contributed by atoms with Gasteiger partial charge in [0, 0.05) is 5.56 Å². The van der Waals surface area contributed by atoms with E-state index in [1.165, 1.54) is 0 Å². The lowest BCUT2D eigenvalue weighted by Gasteiger charge is -2.10. The third kappa shape index (κ3) is 2.77. The molecule has 0 saturated carbocycles. The monoisotopic (exact) mass is 284 g/mol. The minimum atomic E-state index is -4.54. The van der Waals surface area contributed by atoms with Crippen LogP contribution in [-0.4, -0.2) is 6.29 Å². The lowest BCUT2D eigenvalue weighted by Crippen LogP contribution is -2.07. The highest BCUT2D eigenvalue weighted by Crippen LogP contribution is 2.33. The van der Waals surface area contributed by atoms with Crippen LogP contribution in [-0.2, 0) is 11.0 Å². The third-order valence-electron chi connectivity index (χ3n) is 1.74. The summed E-state index contributed by atoms with van der Waals surface area (Å²) in [5.41, 5.74) is -1.30. The highest BCUT2D eigenvalue weighted by molar-refractivity contribution is 9.09. The zero-order valence-electron chi connectivity index (χ0n) is 7.18. The molecule has 1 unspecified atom stereocenters. The van der Waals surface area contributed by atoms with E-state index < -0.39 is 22.4 Å². The van der Waals surface area contributed by atoms with Gasteiger partial charge in [0.05, 0.1) is 10.4 Å². The molecule has 0 fully saturated rings. The molecule has 0 radical (unpaired) electrons. The Morgan fingerprint density at radius 1 is 1.33 bits per heavy atom. The van der Waals surface area contributed by atoms with E-state index in [1.807, 2.05) is 0 Å². The summed E-state index contributed by atoms with van der Waals surface area (Å²) < 4.78 is 49.8. The predicted molar refractivity (Wildman–Crippen MR) is 49.1 cm³/mol. The number of rotatable bonds is 2. The molecule has 0 aliphatic carbocycles. The number of hydrogen-bond donors (Lipinski definition) is 0. The first-order valence-electron chi connectivity index (χ1n) is 3.82. The van der Waals surface area contributed by atoms with Crippen molar-refractivity contribution in [3.05, 3.63) is 35.1 Å². The van der Waals surface area contributed by atoms with Gasteiger partial charge in [-0.05, 0) is 18.2 Å². The van der Waals surface area contributed by atoms with E-state index >= 15 is 0 Å². The van der Waals surface area contributed by atoms with E-state index in [0.29, 0.717) is 24.5 Å². The number of halogens is 5. The van der Waals surface area contributed by atoms with E-state index in [9.17, 15) is 22.4 Å². The molecule has 0 spiro atoms. The Kier molecular flexibility index (Phi) is 3.49. The number of carbonyl (C=O) groups excluding carboxylic acids is 1. The van der Waals surface area contributed by atoms with Crippen LogP contribution in [0.4, 0.5) is 17.6 Å². The Labute approximate surface area is 91.2 Å². The van der Waals surface area contributed by atoms with Crippen molar-refractivity contribution >= 4 is 22.2 Å². The van der Waals surface area contributed by atoms with Crippen LogP contribution in [0.2, 0.25) is 0 Å². The molecule has 1 aromatic rings. The summed E-state index contributed by atoms with van der Waals surface area (Å²) in [5, 5.41) is 0. The Morgan fingerprint density at radius 2 is 1.93 bits per heavy atom. The summed E-state index contributed by atoms with van der Waals surface area (Å²) in [6.45, 7) is 0. The molecule has 82 valence electrons. The summed E-state index contributed by atoms with van der Waals surface area (Å²) in [6, 6.07) is 1.93. The van der Waals surface area contributed by atoms with Gasteiger partial charge in [0.15, 0.2) is 0 Å². The maximum Gasteiger partial charge on any atom is 0.416 e. The quantitative estimate of drug-likeness (QED) is 0.462. The second kappa shape index (κ2) is 4.30. The van der Waals surface area contributed by atoms with Crippen molar-refractivity contribution in [1.82, 2.24) is 0 Å². The molecule has 0 aromatic heterocycles. The molecule has 0 heterocycles. The summed E-state index contributed by atoms with van der Waals surface area (Å²) >= 11 is 2.76. The van der Waals surface area contributed by atoms with Crippen molar-refractivity contribution in [2.75, 3.05) is 0 Å². The lowest BCUT2D eigenvalue weighted by atomic mass is 10.1. The fourth-order valence-electron chi connectivity index (χ4n) is 1.00. The summed E-state index contributed by atoms with van der Waals surface area (Å²) in [7, 11) is 0. The Balaban J connectivity index is 3.22. The van der Waals surface area contributed by atoms with Crippen LogP contribution in [0.1, 0.15) is 16.0 Å². The van der Waals surface area contributed by atoms with Gasteiger partial charge >= 0.3 is 6.18 Å². The average molecular weight is 285 g/mol. The summed E-state index contributed by atoms with van der Waals surface area (Å²) in [4.78, 5) is 9.25. The van der Waals surface area contributed by atoms with Crippen LogP contribution in [0.3, 0.4) is 0 Å². The van der Waals surface area contributed by atoms with Crippen molar-refractivity contribution in [2.24, 2.45) is 0 Å². The van der Waals surface area contributed by atoms with Crippen LogP contribution in [0, 0.1) is 5.82 Å². The van der Waals surface area contributed by atoms with E-state index in [4.69, 9.17) is 0 Å². The van der Waals surface area contributed by atoms with Crippen LogP contribution >= 0.6 is 15.9 Å². The maximum absolute atomic E-state index is 13.0. The summed E-state index contributed by atoms with van der Waals surface area (Å²) in [6.07, 6.45) is -4.23. The fourth-order valence-corrected chi connectivity index (χ4v) is 1.36. The third-order valence-corrected chi connectivity index (χ3v) is 2.45. The molecule has 0 saturated heterocycles. The normalized spacial score (nSPS) is 13.7. The molecule has 1 aromatic carbocycles. The van der Waals surface area contributed by atoms with Crippen LogP contribution in [0.5, 0.6) is 0 Å². The van der Waals surface area contributed by atoms with Crippen molar-refractivity contribution in [2.45, 2.75) is 11.0 Å². The second-order valence-corrected chi connectivity index (χ2v) is 3.76. The van der Waals surface area contributed by atoms with Crippen molar-refractivity contribution in [3.63, 3.8) is 0 Å². The van der Waals surface area contributed by atoms with Gasteiger partial charge in [-0.1, -0.05) is 15.9 Å². The standard InChI is InChI=1S/C9H5BrF4O/c10-7(4-15)6-3-5(9(12,13)14)1-2-8(6)11/h1-4,7H. The summed E-state index contributed by atoms with van der Waals surface area (Å²) in [5.74, 6) is -0.850. The van der Waals surface area contributed by atoms with Crippen molar-refractivity contribution in [1.29, 1.82) is 0 Å². The molecule has 0 aliphatic rings. The van der Waals surface area contributed by atoms with Gasteiger partial charge in [-0.25, -0.2) is 4.39 Å². The SMILES string of the molecule is O=CC(Br)c1cc(C(F)(F)F)ccc1F. The number of alkyl halides is 4. The molecule has 0 aliphatic heterocycles. The molecular formula is C9H5BrF4O. The van der Waals surface area contributed by atoms with E-state index in [1.54, 1.807) is 0 Å². The van der Waals surface area contributed by atoms with Gasteiger partial charge in [0.2, 0.25) is 0 Å². The Morgan fingerprint density at radius 3 is 2.40 bits per heavy atom. The van der Waals surface area contributed by atoms with Crippen LogP contribution < -0.4 is 0 Å². The molecule has 1 rings (SSSR count). The van der Waals surface area contributed by atoms with E-state index in [2.05, 4.69) is 15.9 Å². The first kappa shape index (κ1) is 12.2. The Bertz CT molecular complexity index is 375. The van der Waals surface area contributed by atoms with Gasteiger partial charge in [-0.15, -0.1) is 0 Å². The molecule has 1 atom stereocenters. The highest BCUT2D eigenvalue weighted by atomic mass is 79.9. The first-order valence-corrected chi connectivity index (χ1v) is 4.74. The minimum Gasteiger partial charge on any atom is -0.302 e. The predicted octanol–water partition coefficient (Wildman–Crippen LogP) is 3.48. The van der Waals surface area contributed by atoms with Gasteiger partial charge < -0.3 is 4.79 Å². The smallest absolute Gasteiger partial charge is 0.302 e. The Hall–Kier alpha value is -0.910. The zero-order chi connectivity index (χ0) is 11.6. The van der Waals surface area contributed by atoms with Crippen LogP contribution in [0.25, 0.3) is 0 Å². The molecule has 0 bridgehead atoms. The number of carbonyl (C=O) groups is 1. The average Bonchev–Trinajstić information content (AvgIpc) is 2.15. The maximum atomic E-state index is 13.0. The van der Waals surface area contributed by atoms with Crippen molar-refractivity contribution in [3.8, 4) is 0 Å². The van der Waals surface area contributed by atoms with E-state index in [0.717, 1.165) is 0 Å². The largest absolute Gasteiger partial charge is 0.416 e. The van der Waals surface area contributed by atoms with Gasteiger partial charge in [-0.3, -0.25) is 0 Å². The molecule has 6 heteroatoms. The topological polar surface area (TPSA) is 17.1 Å². The molecule has 0 amide bonds. The molecule has 1 nitrogen and oxygen atoms in total. The van der Waals surface area contributed by atoms with Crippen molar-refractivity contribution < 1.29 is 22.4 Å². The van der Waals surface area contributed by atoms with Gasteiger partial charge in [-0.2, -0.15) is 13.2 Å². The van der Waals surface area contributed by atoms with Gasteiger partial charge in [0.25, 0.3) is 0 Å². The van der Waals surface area contributed by atoms with E-state index in [-0.39, 0.29) is 5.56 Å². The minimum absolute atomic E-state index is 0.318. The number of hydrogen-bond acceptors (Lipinski definition) is 1. The lowest BCUT2D eigenvalue weighted by molar-refractivity contribution is -0.137. The fraction of sp³-hybridized carbons (Fsp3) is 0.222. The second-order valence-electron chi connectivity index (χ2n) is 2.77. The molecular weight excluding hydrogens is 280 g/mol. The number of benzene rings is 1. The van der Waals surface area contributed by atoms with Gasteiger partial charge in [0.1, 0.15) is 12.1 Å². The highest BCUT2D eigenvalue weighted by Gasteiger charge is 2.31. The first-order chi connectivity index (χ1) is 6.86. The zero-order valence-corrected chi connectivity index (χ0v) is 8.77. The molecule has 15 heavy (non-hydrogen) atoms. The van der Waals surface area contributed by atoms with Crippen LogP contribution in [0.15, 0.2) is 18.2 Å². The number of aldehydes is 1. The molecule has 0 N–H and O–H groups in total.